The van der Waals surface area contributed by atoms with E-state index in [9.17, 15) is 4.79 Å². The van der Waals surface area contributed by atoms with Gasteiger partial charge in [-0.05, 0) is 24.6 Å². The van der Waals surface area contributed by atoms with Crippen LogP contribution in [0.25, 0.3) is 0 Å². The molecule has 0 unspecified atom stereocenters. The molecule has 1 aliphatic heterocycles. The fraction of sp³-hybridized carbons (Fsp3) is 0.167. The molecule has 0 bridgehead atoms. The fourth-order valence-corrected chi connectivity index (χ4v) is 2.53. The second kappa shape index (κ2) is 5.33. The highest BCUT2D eigenvalue weighted by molar-refractivity contribution is 5.95. The van der Waals surface area contributed by atoms with Gasteiger partial charge in [-0.2, -0.15) is 0 Å². The molecule has 2 heteroatoms. The molecule has 2 aromatic carbocycles. The lowest BCUT2D eigenvalue weighted by Crippen LogP contribution is -2.31. The van der Waals surface area contributed by atoms with Crippen molar-refractivity contribution in [1.29, 1.82) is 0 Å². The number of amides is 1. The second-order valence-corrected chi connectivity index (χ2v) is 5.11. The van der Waals surface area contributed by atoms with Crippen molar-refractivity contribution in [3.8, 4) is 0 Å². The van der Waals surface area contributed by atoms with Crippen molar-refractivity contribution in [1.82, 2.24) is 4.90 Å². The van der Waals surface area contributed by atoms with E-state index < -0.39 is 0 Å². The number of carbonyl (C=O) groups excluding carboxylic acids is 1. The van der Waals surface area contributed by atoms with Crippen molar-refractivity contribution in [2.45, 2.75) is 13.0 Å². The van der Waals surface area contributed by atoms with Gasteiger partial charge in [0.25, 0.3) is 5.91 Å². The molecule has 0 N–H and O–H groups in total. The van der Waals surface area contributed by atoms with Crippen molar-refractivity contribution >= 4 is 5.91 Å². The van der Waals surface area contributed by atoms with Gasteiger partial charge in [0.05, 0.1) is 6.04 Å². The van der Waals surface area contributed by atoms with Gasteiger partial charge in [-0.15, -0.1) is 0 Å². The first-order chi connectivity index (χ1) is 9.75. The maximum atomic E-state index is 12.6. The molecule has 1 heterocycles. The van der Waals surface area contributed by atoms with E-state index >= 15 is 0 Å². The minimum Gasteiger partial charge on any atom is -0.324 e. The molecule has 100 valence electrons. The predicted octanol–water partition coefficient (Wildman–Crippen LogP) is 3.75. The van der Waals surface area contributed by atoms with Crippen LogP contribution in [0.2, 0.25) is 0 Å². The molecule has 2 nitrogen and oxygen atoms in total. The third kappa shape index (κ3) is 2.37. The van der Waals surface area contributed by atoms with Gasteiger partial charge in [0.2, 0.25) is 0 Å². The summed E-state index contributed by atoms with van der Waals surface area (Å²) in [7, 11) is 0. The lowest BCUT2D eigenvalue weighted by molar-refractivity contribution is 0.0749. The van der Waals surface area contributed by atoms with E-state index in [1.165, 1.54) is 5.56 Å². The van der Waals surface area contributed by atoms with Crippen molar-refractivity contribution < 1.29 is 4.79 Å². The molecular formula is C18H17NO. The summed E-state index contributed by atoms with van der Waals surface area (Å²) in [4.78, 5) is 14.5. The zero-order valence-corrected chi connectivity index (χ0v) is 11.5. The lowest BCUT2D eigenvalue weighted by atomic mass is 10.0. The van der Waals surface area contributed by atoms with Gasteiger partial charge < -0.3 is 4.90 Å². The second-order valence-electron chi connectivity index (χ2n) is 5.11. The predicted molar refractivity (Wildman–Crippen MR) is 80.5 cm³/mol. The number of hydrogen-bond donors (Lipinski definition) is 0. The van der Waals surface area contributed by atoms with Crippen molar-refractivity contribution in [2.24, 2.45) is 0 Å². The van der Waals surface area contributed by atoms with E-state index in [-0.39, 0.29) is 11.9 Å². The molecule has 0 saturated carbocycles. The van der Waals surface area contributed by atoms with Crippen LogP contribution in [-0.4, -0.2) is 17.4 Å². The minimum absolute atomic E-state index is 0.0447. The molecule has 0 spiro atoms. The standard InChI is InChI=1S/C18H17NO/c1-14-9-11-15(12-10-14)17-8-5-13-19(17)18(20)16-6-3-2-4-7-16/h2-12,17H,13H2,1H3/t17-/m0/s1. The molecule has 1 amide bonds. The Hall–Kier alpha value is -2.35. The van der Waals surface area contributed by atoms with Gasteiger partial charge in [0.15, 0.2) is 0 Å². The molecule has 0 aromatic heterocycles. The van der Waals surface area contributed by atoms with E-state index in [2.05, 4.69) is 43.3 Å². The first kappa shape index (κ1) is 12.7. The number of nitrogens with zero attached hydrogens (tertiary/aromatic N) is 1. The SMILES string of the molecule is Cc1ccc([C@@H]2C=CCN2C(=O)c2ccccc2)cc1. The zero-order chi connectivity index (χ0) is 13.9. The van der Waals surface area contributed by atoms with Crippen molar-refractivity contribution in [3.63, 3.8) is 0 Å². The normalized spacial score (nSPS) is 17.4. The zero-order valence-electron chi connectivity index (χ0n) is 11.5. The molecule has 0 radical (unpaired) electrons. The largest absolute Gasteiger partial charge is 0.324 e. The maximum absolute atomic E-state index is 12.6. The summed E-state index contributed by atoms with van der Waals surface area (Å²) in [6.45, 7) is 2.74. The Morgan fingerprint density at radius 3 is 2.45 bits per heavy atom. The van der Waals surface area contributed by atoms with Gasteiger partial charge in [-0.1, -0.05) is 60.2 Å². The Bertz CT molecular complexity index is 628. The van der Waals surface area contributed by atoms with Crippen LogP contribution in [0.4, 0.5) is 0 Å². The smallest absolute Gasteiger partial charge is 0.254 e. The average molecular weight is 263 g/mol. The van der Waals surface area contributed by atoms with Crippen LogP contribution in [0.15, 0.2) is 66.7 Å². The minimum atomic E-state index is 0.0447. The molecule has 0 fully saturated rings. The number of hydrogen-bond acceptors (Lipinski definition) is 1. The molecule has 0 aliphatic carbocycles. The van der Waals surface area contributed by atoms with Gasteiger partial charge >= 0.3 is 0 Å². The molecule has 20 heavy (non-hydrogen) atoms. The topological polar surface area (TPSA) is 20.3 Å². The van der Waals surface area contributed by atoms with Crippen LogP contribution < -0.4 is 0 Å². The van der Waals surface area contributed by atoms with Crippen LogP contribution in [-0.2, 0) is 0 Å². The molecule has 0 saturated heterocycles. The van der Waals surface area contributed by atoms with E-state index in [0.717, 1.165) is 11.1 Å². The molecule has 2 aromatic rings. The number of carbonyl (C=O) groups is 1. The van der Waals surface area contributed by atoms with Crippen LogP contribution in [0.3, 0.4) is 0 Å². The van der Waals surface area contributed by atoms with Gasteiger partial charge in [-0.25, -0.2) is 0 Å². The molecular weight excluding hydrogens is 246 g/mol. The van der Waals surface area contributed by atoms with E-state index in [1.54, 1.807) is 0 Å². The van der Waals surface area contributed by atoms with Crippen molar-refractivity contribution in [2.75, 3.05) is 6.54 Å². The van der Waals surface area contributed by atoms with Crippen LogP contribution in [0, 0.1) is 6.92 Å². The quantitative estimate of drug-likeness (QED) is 0.756. The number of aryl methyl sites for hydroxylation is 1. The summed E-state index contributed by atoms with van der Waals surface area (Å²) in [6.07, 6.45) is 4.16. The highest BCUT2D eigenvalue weighted by Crippen LogP contribution is 2.28. The monoisotopic (exact) mass is 263 g/mol. The number of rotatable bonds is 2. The fourth-order valence-electron chi connectivity index (χ4n) is 2.53. The Balaban J connectivity index is 1.87. The lowest BCUT2D eigenvalue weighted by Gasteiger charge is -2.25. The summed E-state index contributed by atoms with van der Waals surface area (Å²) >= 11 is 0. The third-order valence-electron chi connectivity index (χ3n) is 3.66. The first-order valence-electron chi connectivity index (χ1n) is 6.85. The van der Waals surface area contributed by atoms with Crippen LogP contribution in [0.1, 0.15) is 27.5 Å². The van der Waals surface area contributed by atoms with E-state index in [1.807, 2.05) is 35.2 Å². The highest BCUT2D eigenvalue weighted by Gasteiger charge is 2.26. The van der Waals surface area contributed by atoms with Crippen LogP contribution >= 0.6 is 0 Å². The Kier molecular flexibility index (Phi) is 3.38. The molecule has 1 atom stereocenters. The summed E-state index contributed by atoms with van der Waals surface area (Å²) in [6, 6.07) is 17.9. The van der Waals surface area contributed by atoms with Gasteiger partial charge in [-0.3, -0.25) is 4.79 Å². The van der Waals surface area contributed by atoms with E-state index in [4.69, 9.17) is 0 Å². The highest BCUT2D eigenvalue weighted by atomic mass is 16.2. The maximum Gasteiger partial charge on any atom is 0.254 e. The summed E-state index contributed by atoms with van der Waals surface area (Å²) in [5.74, 6) is 0.0844. The number of benzene rings is 2. The van der Waals surface area contributed by atoms with Crippen molar-refractivity contribution in [3.05, 3.63) is 83.4 Å². The van der Waals surface area contributed by atoms with E-state index in [0.29, 0.717) is 6.54 Å². The van der Waals surface area contributed by atoms with Gasteiger partial charge in [0.1, 0.15) is 0 Å². The average Bonchev–Trinajstić information content (AvgIpc) is 2.97. The van der Waals surface area contributed by atoms with Crippen LogP contribution in [0.5, 0.6) is 0 Å². The molecule has 1 aliphatic rings. The Morgan fingerprint density at radius 1 is 1.05 bits per heavy atom. The Labute approximate surface area is 119 Å². The summed E-state index contributed by atoms with van der Waals surface area (Å²) < 4.78 is 0. The Morgan fingerprint density at radius 2 is 1.75 bits per heavy atom. The van der Waals surface area contributed by atoms with Gasteiger partial charge in [0, 0.05) is 12.1 Å². The molecule has 3 rings (SSSR count). The third-order valence-corrected chi connectivity index (χ3v) is 3.66. The summed E-state index contributed by atoms with van der Waals surface area (Å²) in [5, 5.41) is 0. The summed E-state index contributed by atoms with van der Waals surface area (Å²) in [5.41, 5.74) is 3.14. The first-order valence-corrected chi connectivity index (χ1v) is 6.85.